The maximum absolute atomic E-state index is 8.42. The first-order valence-corrected chi connectivity index (χ1v) is 4.82. The Labute approximate surface area is 80.6 Å². The van der Waals surface area contributed by atoms with Crippen molar-refractivity contribution in [2.75, 3.05) is 0 Å². The zero-order chi connectivity index (χ0) is 9.10. The molecular weight excluding hydrogens is 178 g/mol. The van der Waals surface area contributed by atoms with Gasteiger partial charge in [-0.25, -0.2) is 0 Å². The van der Waals surface area contributed by atoms with Gasteiger partial charge in [0.05, 0.1) is 6.07 Å². The van der Waals surface area contributed by atoms with Gasteiger partial charge < -0.3 is 0 Å². The second kappa shape index (κ2) is 3.42. The second-order valence-corrected chi connectivity index (χ2v) is 3.59. The van der Waals surface area contributed by atoms with Crippen LogP contribution in [0.15, 0.2) is 35.7 Å². The Kier molecular flexibility index (Phi) is 2.11. The van der Waals surface area contributed by atoms with E-state index in [1.165, 1.54) is 16.2 Å². The van der Waals surface area contributed by atoms with E-state index in [1.807, 2.05) is 24.3 Å². The lowest BCUT2D eigenvalue weighted by atomic mass is 10.1. The number of allylic oxidation sites excluding steroid dienone is 1. The SMILES string of the molecule is N#CC=Cc1cccc2sccc12. The molecule has 0 spiro atoms. The lowest BCUT2D eigenvalue weighted by Crippen LogP contribution is -1.71. The van der Waals surface area contributed by atoms with Crippen molar-refractivity contribution in [2.45, 2.75) is 0 Å². The van der Waals surface area contributed by atoms with Gasteiger partial charge in [0.25, 0.3) is 0 Å². The Morgan fingerprint density at radius 1 is 1.31 bits per heavy atom. The Hall–Kier alpha value is -1.59. The third-order valence-corrected chi connectivity index (χ3v) is 2.75. The van der Waals surface area contributed by atoms with Gasteiger partial charge in [0.1, 0.15) is 0 Å². The molecule has 0 aliphatic carbocycles. The highest BCUT2D eigenvalue weighted by Crippen LogP contribution is 2.24. The van der Waals surface area contributed by atoms with Gasteiger partial charge in [-0.15, -0.1) is 11.3 Å². The molecule has 0 saturated carbocycles. The first kappa shape index (κ1) is 8.03. The van der Waals surface area contributed by atoms with E-state index in [9.17, 15) is 0 Å². The maximum Gasteiger partial charge on any atom is 0.0912 e. The minimum Gasteiger partial charge on any atom is -0.193 e. The van der Waals surface area contributed by atoms with Crippen molar-refractivity contribution in [3.05, 3.63) is 41.3 Å². The smallest absolute Gasteiger partial charge is 0.0912 e. The molecule has 13 heavy (non-hydrogen) atoms. The van der Waals surface area contributed by atoms with Crippen LogP contribution in [0.25, 0.3) is 16.2 Å². The highest BCUT2D eigenvalue weighted by Gasteiger charge is 1.97. The fourth-order valence-electron chi connectivity index (χ4n) is 1.29. The van der Waals surface area contributed by atoms with Crippen LogP contribution in [0, 0.1) is 11.3 Å². The molecule has 0 saturated heterocycles. The van der Waals surface area contributed by atoms with Crippen molar-refractivity contribution in [1.82, 2.24) is 0 Å². The highest BCUT2D eigenvalue weighted by atomic mass is 32.1. The normalized spacial score (nSPS) is 10.7. The van der Waals surface area contributed by atoms with Crippen LogP contribution in [0.5, 0.6) is 0 Å². The molecule has 0 aliphatic heterocycles. The van der Waals surface area contributed by atoms with E-state index >= 15 is 0 Å². The monoisotopic (exact) mass is 185 g/mol. The Morgan fingerprint density at radius 3 is 3.08 bits per heavy atom. The molecule has 0 amide bonds. The number of rotatable bonds is 1. The average Bonchev–Trinajstić information content (AvgIpc) is 2.62. The molecule has 0 bridgehead atoms. The van der Waals surface area contributed by atoms with Crippen molar-refractivity contribution in [2.24, 2.45) is 0 Å². The summed E-state index contributed by atoms with van der Waals surface area (Å²) >= 11 is 1.72. The summed E-state index contributed by atoms with van der Waals surface area (Å²) in [6.45, 7) is 0. The number of nitriles is 1. The Balaban J connectivity index is 2.62. The lowest BCUT2D eigenvalue weighted by Gasteiger charge is -1.94. The van der Waals surface area contributed by atoms with Gasteiger partial charge >= 0.3 is 0 Å². The number of nitrogens with zero attached hydrogens (tertiary/aromatic N) is 1. The van der Waals surface area contributed by atoms with E-state index in [0.717, 1.165) is 5.56 Å². The van der Waals surface area contributed by atoms with E-state index in [0.29, 0.717) is 0 Å². The van der Waals surface area contributed by atoms with Gasteiger partial charge in [-0.3, -0.25) is 0 Å². The largest absolute Gasteiger partial charge is 0.193 e. The standard InChI is InChI=1S/C11H7NS/c12-7-2-4-9-3-1-5-11-10(9)6-8-13-11/h1-6,8H. The maximum atomic E-state index is 8.42. The summed E-state index contributed by atoms with van der Waals surface area (Å²) in [7, 11) is 0. The van der Waals surface area contributed by atoms with Gasteiger partial charge in [0.15, 0.2) is 0 Å². The molecule has 0 radical (unpaired) electrons. The van der Waals surface area contributed by atoms with Crippen LogP contribution in [0.3, 0.4) is 0 Å². The predicted octanol–water partition coefficient (Wildman–Crippen LogP) is 3.44. The number of hydrogen-bond acceptors (Lipinski definition) is 2. The number of benzene rings is 1. The average molecular weight is 185 g/mol. The topological polar surface area (TPSA) is 23.8 Å². The first-order valence-electron chi connectivity index (χ1n) is 3.94. The summed E-state index contributed by atoms with van der Waals surface area (Å²) in [5.41, 5.74) is 1.11. The van der Waals surface area contributed by atoms with Gasteiger partial charge in [-0.05, 0) is 34.5 Å². The van der Waals surface area contributed by atoms with Crippen molar-refractivity contribution >= 4 is 27.5 Å². The van der Waals surface area contributed by atoms with Crippen LogP contribution >= 0.6 is 11.3 Å². The van der Waals surface area contributed by atoms with Crippen LogP contribution in [-0.2, 0) is 0 Å². The number of hydrogen-bond donors (Lipinski definition) is 0. The van der Waals surface area contributed by atoms with E-state index in [4.69, 9.17) is 5.26 Å². The summed E-state index contributed by atoms with van der Waals surface area (Å²) in [6.07, 6.45) is 3.35. The van der Waals surface area contributed by atoms with Crippen molar-refractivity contribution in [1.29, 1.82) is 5.26 Å². The van der Waals surface area contributed by atoms with Crippen LogP contribution in [-0.4, -0.2) is 0 Å². The molecule has 0 aliphatic rings. The molecule has 0 N–H and O–H groups in total. The molecule has 1 nitrogen and oxygen atoms in total. The fourth-order valence-corrected chi connectivity index (χ4v) is 2.11. The van der Waals surface area contributed by atoms with Gasteiger partial charge in [-0.1, -0.05) is 12.1 Å². The number of fused-ring (bicyclic) bond motifs is 1. The van der Waals surface area contributed by atoms with Gasteiger partial charge in [0.2, 0.25) is 0 Å². The predicted molar refractivity (Wildman–Crippen MR) is 56.5 cm³/mol. The molecule has 0 atom stereocenters. The molecule has 2 rings (SSSR count). The van der Waals surface area contributed by atoms with Crippen LogP contribution in [0.4, 0.5) is 0 Å². The molecule has 2 heteroatoms. The quantitative estimate of drug-likeness (QED) is 0.624. The zero-order valence-corrected chi connectivity index (χ0v) is 7.71. The van der Waals surface area contributed by atoms with Crippen LogP contribution < -0.4 is 0 Å². The van der Waals surface area contributed by atoms with E-state index in [2.05, 4.69) is 17.5 Å². The van der Waals surface area contributed by atoms with E-state index in [1.54, 1.807) is 11.3 Å². The molecule has 2 aromatic rings. The Morgan fingerprint density at radius 2 is 2.23 bits per heavy atom. The van der Waals surface area contributed by atoms with Crippen molar-refractivity contribution in [3.63, 3.8) is 0 Å². The third kappa shape index (κ3) is 1.47. The number of thiophene rings is 1. The molecule has 62 valence electrons. The minimum atomic E-state index is 1.11. The van der Waals surface area contributed by atoms with Crippen LogP contribution in [0.2, 0.25) is 0 Å². The lowest BCUT2D eigenvalue weighted by molar-refractivity contribution is 1.54. The van der Waals surface area contributed by atoms with Gasteiger partial charge in [-0.2, -0.15) is 5.26 Å². The molecule has 1 aromatic carbocycles. The van der Waals surface area contributed by atoms with Crippen molar-refractivity contribution < 1.29 is 0 Å². The molecule has 1 heterocycles. The van der Waals surface area contributed by atoms with Crippen molar-refractivity contribution in [3.8, 4) is 6.07 Å². The first-order chi connectivity index (χ1) is 6.42. The molecular formula is C11H7NS. The molecule has 0 unspecified atom stereocenters. The summed E-state index contributed by atoms with van der Waals surface area (Å²) < 4.78 is 1.26. The summed E-state index contributed by atoms with van der Waals surface area (Å²) in [5.74, 6) is 0. The zero-order valence-electron chi connectivity index (χ0n) is 6.90. The molecule has 0 fully saturated rings. The summed E-state index contributed by atoms with van der Waals surface area (Å²) in [4.78, 5) is 0. The Bertz CT molecular complexity index is 488. The van der Waals surface area contributed by atoms with E-state index < -0.39 is 0 Å². The third-order valence-electron chi connectivity index (χ3n) is 1.87. The summed E-state index contributed by atoms with van der Waals surface area (Å²) in [5, 5.41) is 11.7. The second-order valence-electron chi connectivity index (χ2n) is 2.64. The molecule has 1 aromatic heterocycles. The van der Waals surface area contributed by atoms with E-state index in [-0.39, 0.29) is 0 Å². The highest BCUT2D eigenvalue weighted by molar-refractivity contribution is 7.17. The minimum absolute atomic E-state index is 1.11. The summed E-state index contributed by atoms with van der Waals surface area (Å²) in [6, 6.07) is 10.2. The van der Waals surface area contributed by atoms with Crippen LogP contribution in [0.1, 0.15) is 5.56 Å². The van der Waals surface area contributed by atoms with Gasteiger partial charge in [0, 0.05) is 10.8 Å². The fraction of sp³-hybridized carbons (Fsp3) is 0.